The molecule has 0 aliphatic heterocycles. The molecule has 7 aromatic carbocycles. The summed E-state index contributed by atoms with van der Waals surface area (Å²) in [4.78, 5) is 63.3. The second-order valence-electron chi connectivity index (χ2n) is 17.2. The molecule has 0 amide bonds. The Balaban J connectivity index is 1.43. The number of benzene rings is 7. The number of aromatic amines is 1. The van der Waals surface area contributed by atoms with E-state index in [4.69, 9.17) is 11.5 Å². The van der Waals surface area contributed by atoms with Gasteiger partial charge in [0.05, 0.1) is 32.9 Å². The molecule has 0 saturated carbocycles. The molecule has 9 nitrogen and oxygen atoms in total. The molecule has 284 valence electrons. The van der Waals surface area contributed by atoms with E-state index in [0.29, 0.717) is 87.6 Å². The number of para-hydroxylation sites is 2. The third-order valence-electron chi connectivity index (χ3n) is 12.5. The average Bonchev–Trinajstić information content (AvgIpc) is 3.54. The molecular formula is C48H43N5O4. The lowest BCUT2D eigenvalue weighted by Gasteiger charge is -2.23. The van der Waals surface area contributed by atoms with Crippen molar-refractivity contribution < 1.29 is 0 Å². The summed E-state index contributed by atoms with van der Waals surface area (Å²) in [7, 11) is 0. The Morgan fingerprint density at radius 2 is 0.719 bits per heavy atom. The first-order valence-electron chi connectivity index (χ1n) is 19.8. The van der Waals surface area contributed by atoms with Crippen LogP contribution < -0.4 is 33.7 Å². The summed E-state index contributed by atoms with van der Waals surface area (Å²) in [5, 5.41) is 6.51. The van der Waals surface area contributed by atoms with Gasteiger partial charge in [0, 0.05) is 65.5 Å². The van der Waals surface area contributed by atoms with Crippen molar-refractivity contribution >= 4 is 87.0 Å². The van der Waals surface area contributed by atoms with E-state index in [1.165, 1.54) is 9.13 Å². The molecule has 9 heteroatoms. The highest BCUT2D eigenvalue weighted by atomic mass is 16.2. The monoisotopic (exact) mass is 753 g/mol. The van der Waals surface area contributed by atoms with Crippen molar-refractivity contribution in [1.29, 1.82) is 0 Å². The molecular weight excluding hydrogens is 711 g/mol. The summed E-state index contributed by atoms with van der Waals surface area (Å²) in [6, 6.07) is 18.9. The van der Waals surface area contributed by atoms with Crippen LogP contribution in [0, 0.1) is 0 Å². The van der Waals surface area contributed by atoms with Crippen LogP contribution in [0.25, 0.3) is 87.0 Å². The molecule has 0 fully saturated rings. The van der Waals surface area contributed by atoms with Gasteiger partial charge in [0.15, 0.2) is 0 Å². The number of H-pyrrole nitrogens is 1. The van der Waals surface area contributed by atoms with E-state index in [9.17, 15) is 19.2 Å². The zero-order valence-corrected chi connectivity index (χ0v) is 33.3. The van der Waals surface area contributed by atoms with Crippen LogP contribution in [0.2, 0.25) is 0 Å². The molecule has 0 aliphatic rings. The number of hydrogen-bond donors (Lipinski definition) is 3. The van der Waals surface area contributed by atoms with Gasteiger partial charge >= 0.3 is 0 Å². The maximum Gasteiger partial charge on any atom is 0.266 e. The molecule has 0 atom stereocenters. The SMILES string of the molecule is CC(C)c1cccc(C(C)C)c1-n1c(=O)c2cc(N)c3c4c(N)cc5c(=O)n(-c6c(C(C)C)cccc6C(C)C)c(=O)c6cc7[nH]c8cc(c1=O)c2c3c8c7c4c56. The number of nitrogens with one attached hydrogen (secondary N) is 1. The Morgan fingerprint density at radius 1 is 0.421 bits per heavy atom. The maximum absolute atomic E-state index is 15.0. The molecule has 10 rings (SSSR count). The van der Waals surface area contributed by atoms with E-state index in [1.54, 1.807) is 12.1 Å². The fraction of sp³-hybridized carbons (Fsp3) is 0.250. The molecule has 0 bridgehead atoms. The first-order valence-corrected chi connectivity index (χ1v) is 19.8. The van der Waals surface area contributed by atoms with E-state index in [-0.39, 0.29) is 23.7 Å². The van der Waals surface area contributed by atoms with Crippen molar-refractivity contribution in [2.75, 3.05) is 11.5 Å². The van der Waals surface area contributed by atoms with Crippen LogP contribution in [-0.4, -0.2) is 14.1 Å². The smallest absolute Gasteiger partial charge is 0.266 e. The van der Waals surface area contributed by atoms with Crippen LogP contribution in [0.4, 0.5) is 11.4 Å². The second kappa shape index (κ2) is 11.5. The summed E-state index contributed by atoms with van der Waals surface area (Å²) < 4.78 is 2.68. The fourth-order valence-electron chi connectivity index (χ4n) is 10.0. The summed E-state index contributed by atoms with van der Waals surface area (Å²) in [5.74, 6) is 0.166. The molecule has 0 aliphatic carbocycles. The average molecular weight is 754 g/mol. The van der Waals surface area contributed by atoms with E-state index in [0.717, 1.165) is 33.0 Å². The highest BCUT2D eigenvalue weighted by molar-refractivity contribution is 6.48. The number of nitrogens with zero attached hydrogens (tertiary/aromatic N) is 2. The van der Waals surface area contributed by atoms with Gasteiger partial charge in [0.25, 0.3) is 22.2 Å². The van der Waals surface area contributed by atoms with Gasteiger partial charge in [-0.05, 0) is 70.2 Å². The van der Waals surface area contributed by atoms with Gasteiger partial charge in [-0.2, -0.15) is 0 Å². The molecule has 0 saturated heterocycles. The highest BCUT2D eigenvalue weighted by Crippen LogP contribution is 2.51. The van der Waals surface area contributed by atoms with E-state index >= 15 is 0 Å². The van der Waals surface area contributed by atoms with Crippen LogP contribution in [0.3, 0.4) is 0 Å². The predicted octanol–water partition coefficient (Wildman–Crippen LogP) is 9.52. The van der Waals surface area contributed by atoms with Crippen molar-refractivity contribution in [1.82, 2.24) is 14.1 Å². The molecule has 10 aromatic rings. The maximum atomic E-state index is 15.0. The topological polar surface area (TPSA) is 146 Å². The van der Waals surface area contributed by atoms with Crippen LogP contribution in [-0.2, 0) is 0 Å². The number of nitrogens with two attached hydrogens (primary N) is 2. The standard InChI is InChI=1S/C48H43N5O4/c1-19(2)23-11-9-12-24(20(3)4)43(23)52-45(54)27-15-31(49)37-38-32(50)16-28-36-30(48(57)53(46(28)55)44-25(21(5)6)13-10-14-26(44)22(7)8)18-34-40(42(36)38)39-33(51-34)17-29(47(52)56)35(27)41(37)39/h9-22,51H,49-50H2,1-8H3. The number of anilines is 2. The highest BCUT2D eigenvalue weighted by Gasteiger charge is 2.31. The van der Waals surface area contributed by atoms with Crippen LogP contribution in [0.5, 0.6) is 0 Å². The minimum Gasteiger partial charge on any atom is -0.398 e. The van der Waals surface area contributed by atoms with E-state index in [2.05, 4.69) is 60.4 Å². The fourth-order valence-corrected chi connectivity index (χ4v) is 10.0. The molecule has 0 spiro atoms. The van der Waals surface area contributed by atoms with Gasteiger partial charge in [0.1, 0.15) is 0 Å². The number of nitrogen functional groups attached to an aromatic ring is 2. The number of aromatic nitrogens is 3. The summed E-state index contributed by atoms with van der Waals surface area (Å²) in [5.41, 5.74) is 19.2. The Bertz CT molecular complexity index is 3300. The van der Waals surface area contributed by atoms with Gasteiger partial charge in [-0.3, -0.25) is 19.2 Å². The molecule has 5 N–H and O–H groups in total. The lowest BCUT2D eigenvalue weighted by Crippen LogP contribution is -2.34. The Labute approximate surface area is 326 Å². The van der Waals surface area contributed by atoms with Gasteiger partial charge in [-0.15, -0.1) is 0 Å². The minimum absolute atomic E-state index is 0.0416. The third kappa shape index (κ3) is 4.29. The first-order chi connectivity index (χ1) is 27.1. The summed E-state index contributed by atoms with van der Waals surface area (Å²) in [6.07, 6.45) is 0. The van der Waals surface area contributed by atoms with Crippen LogP contribution in [0.15, 0.2) is 79.8 Å². The second-order valence-corrected chi connectivity index (χ2v) is 17.2. The quantitative estimate of drug-likeness (QED) is 0.0876. The lowest BCUT2D eigenvalue weighted by atomic mass is 9.84. The largest absolute Gasteiger partial charge is 0.398 e. The van der Waals surface area contributed by atoms with Crippen molar-refractivity contribution in [3.05, 3.63) is 124 Å². The predicted molar refractivity (Wildman–Crippen MR) is 237 cm³/mol. The summed E-state index contributed by atoms with van der Waals surface area (Å²) >= 11 is 0. The van der Waals surface area contributed by atoms with Crippen LogP contribution in [0.1, 0.15) is 101 Å². The minimum atomic E-state index is -0.436. The van der Waals surface area contributed by atoms with Crippen molar-refractivity contribution in [3.63, 3.8) is 0 Å². The molecule has 0 unspecified atom stereocenters. The number of hydrogen-bond acceptors (Lipinski definition) is 6. The Morgan fingerprint density at radius 3 is 1.02 bits per heavy atom. The zero-order chi connectivity index (χ0) is 40.3. The normalized spacial score (nSPS) is 12.9. The van der Waals surface area contributed by atoms with Gasteiger partial charge < -0.3 is 16.5 Å². The van der Waals surface area contributed by atoms with Crippen molar-refractivity contribution in [2.24, 2.45) is 0 Å². The molecule has 0 radical (unpaired) electrons. The first kappa shape index (κ1) is 35.0. The molecule has 3 aromatic heterocycles. The number of rotatable bonds is 6. The Hall–Kier alpha value is -6.48. The zero-order valence-electron chi connectivity index (χ0n) is 33.3. The van der Waals surface area contributed by atoms with Gasteiger partial charge in [0.2, 0.25) is 0 Å². The van der Waals surface area contributed by atoms with E-state index < -0.39 is 22.2 Å². The van der Waals surface area contributed by atoms with Gasteiger partial charge in [-0.25, -0.2) is 9.13 Å². The number of pyridine rings is 2. The van der Waals surface area contributed by atoms with E-state index in [1.807, 2.05) is 48.5 Å². The molecule has 57 heavy (non-hydrogen) atoms. The molecule has 3 heterocycles. The number of fused-ring (bicyclic) bond motifs is 1. The lowest BCUT2D eigenvalue weighted by molar-refractivity contribution is 0.792. The van der Waals surface area contributed by atoms with Crippen LogP contribution >= 0.6 is 0 Å². The van der Waals surface area contributed by atoms with Crippen molar-refractivity contribution in [2.45, 2.75) is 79.1 Å². The summed E-state index contributed by atoms with van der Waals surface area (Å²) in [6.45, 7) is 16.5. The Kier molecular flexibility index (Phi) is 7.08. The third-order valence-corrected chi connectivity index (χ3v) is 12.5. The van der Waals surface area contributed by atoms with Gasteiger partial charge in [-0.1, -0.05) is 91.8 Å². The van der Waals surface area contributed by atoms with Crippen molar-refractivity contribution in [3.8, 4) is 11.4 Å².